The third-order valence-electron chi connectivity index (χ3n) is 5.82. The number of sulfonamides is 1. The van der Waals surface area contributed by atoms with E-state index in [1.54, 1.807) is 12.1 Å². The molecule has 0 radical (unpaired) electrons. The summed E-state index contributed by atoms with van der Waals surface area (Å²) in [5.74, 6) is -0.421. The molecule has 1 unspecified atom stereocenters. The Morgan fingerprint density at radius 3 is 2.31 bits per heavy atom. The Kier molecular flexibility index (Phi) is 6.23. The van der Waals surface area contributed by atoms with E-state index in [4.69, 9.17) is 9.90 Å². The van der Waals surface area contributed by atoms with Crippen LogP contribution in [0, 0.1) is 5.92 Å². The van der Waals surface area contributed by atoms with Crippen molar-refractivity contribution in [1.29, 1.82) is 0 Å². The van der Waals surface area contributed by atoms with Crippen LogP contribution >= 0.6 is 0 Å². The number of benzene rings is 1. The van der Waals surface area contributed by atoms with Gasteiger partial charge in [0.15, 0.2) is 0 Å². The van der Waals surface area contributed by atoms with Crippen LogP contribution in [0.4, 0.5) is 0 Å². The molecule has 3 aliphatic rings. The molecule has 1 aromatic rings. The lowest BCUT2D eigenvalue weighted by molar-refractivity contribution is -0.136. The van der Waals surface area contributed by atoms with Gasteiger partial charge in [0, 0.05) is 31.7 Å². The van der Waals surface area contributed by atoms with Crippen LogP contribution < -0.4 is 0 Å². The van der Waals surface area contributed by atoms with Gasteiger partial charge in [0.25, 0.3) is 22.4 Å². The van der Waals surface area contributed by atoms with Crippen molar-refractivity contribution in [3.63, 3.8) is 0 Å². The molecule has 2 N–H and O–H groups in total. The minimum atomic E-state index is -3.87. The molecule has 2 bridgehead atoms. The molecule has 2 amide bonds. The second-order valence-corrected chi connectivity index (χ2v) is 9.27. The molecule has 0 spiro atoms. The minimum absolute atomic E-state index is 0.00422. The highest BCUT2D eigenvalue weighted by molar-refractivity contribution is 7.90. The Balaban J connectivity index is 0.000000755. The molecule has 29 heavy (non-hydrogen) atoms. The largest absolute Gasteiger partial charge is 0.483 e. The second kappa shape index (κ2) is 8.50. The van der Waals surface area contributed by atoms with Crippen molar-refractivity contribution in [2.45, 2.75) is 49.1 Å². The molecule has 4 rings (SSSR count). The number of aliphatic hydroxyl groups excluding tert-OH is 1. The van der Waals surface area contributed by atoms with Gasteiger partial charge in [-0.25, -0.2) is 12.7 Å². The number of aliphatic hydroxyl groups is 1. The smallest absolute Gasteiger partial charge is 0.290 e. The zero-order valence-corrected chi connectivity index (χ0v) is 16.6. The number of piperidine rings is 1. The predicted molar refractivity (Wildman–Crippen MR) is 101 cm³/mol. The van der Waals surface area contributed by atoms with Crippen molar-refractivity contribution in [1.82, 2.24) is 9.21 Å². The molecule has 0 aromatic heterocycles. The van der Waals surface area contributed by atoms with E-state index in [9.17, 15) is 23.1 Å². The number of amides is 2. The molecule has 2 fully saturated rings. The first-order valence-corrected chi connectivity index (χ1v) is 10.9. The van der Waals surface area contributed by atoms with Crippen molar-refractivity contribution in [3.05, 3.63) is 29.8 Å². The molecule has 1 aromatic carbocycles. The molecule has 158 valence electrons. The lowest BCUT2D eigenvalue weighted by Gasteiger charge is -2.38. The first-order chi connectivity index (χ1) is 13.8. The lowest BCUT2D eigenvalue weighted by atomic mass is 9.91. The normalized spacial score (nSPS) is 26.5. The van der Waals surface area contributed by atoms with Gasteiger partial charge in [-0.1, -0.05) is 12.1 Å². The third-order valence-corrected chi connectivity index (χ3v) is 7.66. The fraction of sp³-hybridized carbons (Fsp3) is 0.526. The monoisotopic (exact) mass is 424 g/mol. The van der Waals surface area contributed by atoms with Crippen molar-refractivity contribution < 1.29 is 33.0 Å². The topological polar surface area (TPSA) is 132 Å². The fourth-order valence-electron chi connectivity index (χ4n) is 4.62. The summed E-state index contributed by atoms with van der Waals surface area (Å²) in [4.78, 5) is 35.4. The van der Waals surface area contributed by atoms with Gasteiger partial charge in [0.05, 0.1) is 5.56 Å². The van der Waals surface area contributed by atoms with E-state index < -0.39 is 15.9 Å². The van der Waals surface area contributed by atoms with Crippen molar-refractivity contribution in [2.75, 3.05) is 13.2 Å². The first-order valence-electron chi connectivity index (χ1n) is 9.51. The number of fused-ring (bicyclic) bond motifs is 3. The number of hydrogen-bond donors (Lipinski definition) is 2. The van der Waals surface area contributed by atoms with E-state index in [0.29, 0.717) is 0 Å². The molecule has 3 heterocycles. The summed E-state index contributed by atoms with van der Waals surface area (Å²) in [7, 11) is -3.87. The van der Waals surface area contributed by atoms with Crippen LogP contribution in [-0.4, -0.2) is 71.4 Å². The summed E-state index contributed by atoms with van der Waals surface area (Å²) in [6.45, 7) is -0.234. The lowest BCUT2D eigenvalue weighted by Crippen LogP contribution is -2.48. The fourth-order valence-corrected chi connectivity index (χ4v) is 6.19. The van der Waals surface area contributed by atoms with Gasteiger partial charge in [0.2, 0.25) is 5.91 Å². The van der Waals surface area contributed by atoms with E-state index >= 15 is 0 Å². The quantitative estimate of drug-likeness (QED) is 0.679. The third kappa shape index (κ3) is 3.86. The second-order valence-electron chi connectivity index (χ2n) is 7.44. The molecule has 9 nitrogen and oxygen atoms in total. The van der Waals surface area contributed by atoms with Crippen LogP contribution in [0.25, 0.3) is 0 Å². The van der Waals surface area contributed by atoms with Crippen LogP contribution in [0.3, 0.4) is 0 Å². The predicted octanol–water partition coefficient (Wildman–Crippen LogP) is 0.684. The Labute approximate surface area is 169 Å². The molecule has 0 saturated carbocycles. The van der Waals surface area contributed by atoms with E-state index in [2.05, 4.69) is 0 Å². The number of nitrogens with zero attached hydrogens (tertiary/aromatic N) is 2. The van der Waals surface area contributed by atoms with Gasteiger partial charge in [-0.2, -0.15) is 0 Å². The molecule has 0 aliphatic carbocycles. The van der Waals surface area contributed by atoms with E-state index in [-0.39, 0.29) is 60.4 Å². The average Bonchev–Trinajstić information content (AvgIpc) is 3.08. The van der Waals surface area contributed by atoms with E-state index in [1.165, 1.54) is 12.1 Å². The van der Waals surface area contributed by atoms with Crippen molar-refractivity contribution >= 4 is 28.3 Å². The van der Waals surface area contributed by atoms with Crippen molar-refractivity contribution in [3.8, 4) is 0 Å². The van der Waals surface area contributed by atoms with Crippen molar-refractivity contribution in [2.24, 2.45) is 5.92 Å². The standard InChI is InChI=1S/C18H22N2O5S.CH2O2/c21-11-12-9-13-5-6-14(10-12)20(13)17(22)7-8-19-18(23)15-3-1-2-4-16(15)26(19,24)25;2-1-3/h1-4,12-14,21H,5-11H2;1H,(H,2,3)/t12?,13-,14+;. The SMILES string of the molecule is O=C(CCN1C(=O)c2ccccc2S1(=O)=O)N1[C@@H]2CC[C@H]1CC(CO)C2.O=CO. The Bertz CT molecular complexity index is 888. The van der Waals surface area contributed by atoms with Gasteiger partial charge < -0.3 is 15.1 Å². The summed E-state index contributed by atoms with van der Waals surface area (Å²) in [5.41, 5.74) is 0.170. The number of rotatable bonds is 4. The Morgan fingerprint density at radius 2 is 1.76 bits per heavy atom. The molecular formula is C19H24N2O7S. The summed E-state index contributed by atoms with van der Waals surface area (Å²) in [6, 6.07) is 6.38. The van der Waals surface area contributed by atoms with Gasteiger partial charge >= 0.3 is 0 Å². The van der Waals surface area contributed by atoms with Gasteiger partial charge in [-0.05, 0) is 43.7 Å². The number of carboxylic acid groups (broad SMARTS) is 1. The zero-order valence-electron chi connectivity index (χ0n) is 15.8. The van der Waals surface area contributed by atoms with Gasteiger partial charge in [-0.3, -0.25) is 14.4 Å². The molecule has 3 atom stereocenters. The molecule has 3 aliphatic heterocycles. The number of hydrogen-bond acceptors (Lipinski definition) is 6. The van der Waals surface area contributed by atoms with Crippen LogP contribution in [0.15, 0.2) is 29.2 Å². The van der Waals surface area contributed by atoms with Crippen LogP contribution in [0.1, 0.15) is 42.5 Å². The highest BCUT2D eigenvalue weighted by Gasteiger charge is 2.44. The van der Waals surface area contributed by atoms with E-state index in [1.807, 2.05) is 4.90 Å². The van der Waals surface area contributed by atoms with Crippen LogP contribution in [0.5, 0.6) is 0 Å². The highest BCUT2D eigenvalue weighted by atomic mass is 32.2. The van der Waals surface area contributed by atoms with E-state index in [0.717, 1.165) is 30.0 Å². The zero-order chi connectivity index (χ0) is 21.2. The van der Waals surface area contributed by atoms with Gasteiger partial charge in [-0.15, -0.1) is 0 Å². The number of carbonyl (C=O) groups is 3. The average molecular weight is 424 g/mol. The maximum atomic E-state index is 12.7. The summed E-state index contributed by atoms with van der Waals surface area (Å²) >= 11 is 0. The molecule has 2 saturated heterocycles. The Hall–Kier alpha value is -2.46. The molecule has 10 heteroatoms. The maximum absolute atomic E-state index is 12.7. The first kappa shape index (κ1) is 21.3. The molecular weight excluding hydrogens is 400 g/mol. The van der Waals surface area contributed by atoms with Crippen LogP contribution in [0.2, 0.25) is 0 Å². The summed E-state index contributed by atoms with van der Waals surface area (Å²) in [5, 5.41) is 16.3. The Morgan fingerprint density at radius 1 is 1.17 bits per heavy atom. The summed E-state index contributed by atoms with van der Waals surface area (Å²) < 4.78 is 25.9. The van der Waals surface area contributed by atoms with Gasteiger partial charge in [0.1, 0.15) is 4.90 Å². The minimum Gasteiger partial charge on any atom is -0.483 e. The number of carbonyl (C=O) groups excluding carboxylic acids is 2. The summed E-state index contributed by atoms with van der Waals surface area (Å²) in [6.07, 6.45) is 3.45. The maximum Gasteiger partial charge on any atom is 0.290 e. The highest BCUT2D eigenvalue weighted by Crippen LogP contribution is 2.39. The van der Waals surface area contributed by atoms with Crippen LogP contribution in [-0.2, 0) is 19.6 Å².